The second-order valence-electron chi connectivity index (χ2n) is 8.26. The first kappa shape index (κ1) is 25.7. The van der Waals surface area contributed by atoms with Crippen molar-refractivity contribution in [3.05, 3.63) is 59.5 Å². The van der Waals surface area contributed by atoms with Gasteiger partial charge >= 0.3 is 0 Å². The molecule has 1 aliphatic heterocycles. The number of likely N-dealkylation sites (tertiary alicyclic amines) is 1. The smallest absolute Gasteiger partial charge is 0.191 e. The first-order valence-electron chi connectivity index (χ1n) is 11.2. The van der Waals surface area contributed by atoms with Gasteiger partial charge in [-0.15, -0.1) is 24.0 Å². The van der Waals surface area contributed by atoms with Gasteiger partial charge in [0.2, 0.25) is 0 Å². The van der Waals surface area contributed by atoms with Gasteiger partial charge in [0, 0.05) is 13.1 Å². The molecular weight excluding hydrogens is 503 g/mol. The van der Waals surface area contributed by atoms with Gasteiger partial charge in [-0.3, -0.25) is 4.90 Å². The van der Waals surface area contributed by atoms with E-state index in [4.69, 9.17) is 9.41 Å². The molecular formula is C24H37IN4O2. The summed E-state index contributed by atoms with van der Waals surface area (Å²) in [5.41, 5.74) is 1.49. The van der Waals surface area contributed by atoms with Crippen molar-refractivity contribution in [1.82, 2.24) is 15.5 Å². The van der Waals surface area contributed by atoms with E-state index in [1.165, 1.54) is 49.9 Å². The van der Waals surface area contributed by atoms with Gasteiger partial charge in [0.15, 0.2) is 5.96 Å². The van der Waals surface area contributed by atoms with E-state index in [9.17, 15) is 5.11 Å². The minimum Gasteiger partial charge on any atom is -0.466 e. The van der Waals surface area contributed by atoms with Crippen LogP contribution in [0, 0.1) is 0 Å². The Kier molecular flexibility index (Phi) is 10.8. The first-order chi connectivity index (χ1) is 14.6. The van der Waals surface area contributed by atoms with Crippen LogP contribution in [0.1, 0.15) is 56.4 Å². The van der Waals surface area contributed by atoms with Gasteiger partial charge in [0.25, 0.3) is 0 Å². The number of benzene rings is 1. The van der Waals surface area contributed by atoms with Crippen molar-refractivity contribution >= 4 is 29.9 Å². The van der Waals surface area contributed by atoms with Crippen molar-refractivity contribution in [2.75, 3.05) is 26.2 Å². The lowest BCUT2D eigenvalue weighted by atomic mass is 10.0. The molecule has 1 aliphatic rings. The van der Waals surface area contributed by atoms with E-state index in [0.717, 1.165) is 13.1 Å². The third kappa shape index (κ3) is 8.12. The molecule has 1 aromatic heterocycles. The SMILES string of the molecule is CCNC(=NCc1ccccc1CN1CCCCCC1)NCC(C)(O)c1ccco1.I. The summed E-state index contributed by atoms with van der Waals surface area (Å²) in [6.07, 6.45) is 6.86. The summed E-state index contributed by atoms with van der Waals surface area (Å²) >= 11 is 0. The summed E-state index contributed by atoms with van der Waals surface area (Å²) in [7, 11) is 0. The van der Waals surface area contributed by atoms with Crippen LogP contribution in [-0.2, 0) is 18.7 Å². The van der Waals surface area contributed by atoms with Gasteiger partial charge < -0.3 is 20.2 Å². The summed E-state index contributed by atoms with van der Waals surface area (Å²) in [5, 5.41) is 17.2. The molecule has 1 atom stereocenters. The maximum absolute atomic E-state index is 10.7. The molecule has 1 fully saturated rings. The number of guanidine groups is 1. The number of hydrogen-bond donors (Lipinski definition) is 3. The summed E-state index contributed by atoms with van der Waals surface area (Å²) in [6, 6.07) is 12.1. The Bertz CT molecular complexity index is 785. The van der Waals surface area contributed by atoms with Gasteiger partial charge in [0.05, 0.1) is 19.4 Å². The van der Waals surface area contributed by atoms with Gasteiger partial charge in [-0.25, -0.2) is 4.99 Å². The Labute approximate surface area is 203 Å². The molecule has 0 saturated carbocycles. The molecule has 7 heteroatoms. The molecule has 3 N–H and O–H groups in total. The Morgan fingerprint density at radius 3 is 2.42 bits per heavy atom. The van der Waals surface area contributed by atoms with Crippen LogP contribution in [0.5, 0.6) is 0 Å². The summed E-state index contributed by atoms with van der Waals surface area (Å²) < 4.78 is 5.36. The van der Waals surface area contributed by atoms with Crippen molar-refractivity contribution in [3.8, 4) is 0 Å². The van der Waals surface area contributed by atoms with Crippen LogP contribution in [0.2, 0.25) is 0 Å². The number of rotatable bonds is 8. The quantitative estimate of drug-likeness (QED) is 0.266. The van der Waals surface area contributed by atoms with Crippen molar-refractivity contribution in [2.24, 2.45) is 4.99 Å². The molecule has 2 aromatic rings. The molecule has 1 saturated heterocycles. The average molecular weight is 540 g/mol. The lowest BCUT2D eigenvalue weighted by molar-refractivity contribution is 0.0386. The number of halogens is 1. The predicted octanol–water partition coefficient (Wildman–Crippen LogP) is 4.24. The van der Waals surface area contributed by atoms with Crippen LogP contribution >= 0.6 is 24.0 Å². The molecule has 1 unspecified atom stereocenters. The van der Waals surface area contributed by atoms with Crippen LogP contribution in [0.25, 0.3) is 0 Å². The molecule has 0 spiro atoms. The molecule has 6 nitrogen and oxygen atoms in total. The first-order valence-corrected chi connectivity index (χ1v) is 11.2. The van der Waals surface area contributed by atoms with Crippen LogP contribution in [0.15, 0.2) is 52.1 Å². The number of nitrogens with one attached hydrogen (secondary N) is 2. The summed E-state index contributed by atoms with van der Waals surface area (Å²) in [6.45, 7) is 8.79. The zero-order chi connectivity index (χ0) is 21.2. The van der Waals surface area contributed by atoms with E-state index >= 15 is 0 Å². The molecule has 0 amide bonds. The Morgan fingerprint density at radius 1 is 1.06 bits per heavy atom. The van der Waals surface area contributed by atoms with Gasteiger partial charge in [0.1, 0.15) is 11.4 Å². The third-order valence-corrected chi connectivity index (χ3v) is 5.61. The topological polar surface area (TPSA) is 73.0 Å². The van der Waals surface area contributed by atoms with E-state index in [1.807, 2.05) is 6.92 Å². The number of aliphatic hydroxyl groups is 1. The van der Waals surface area contributed by atoms with Crippen LogP contribution in [0.3, 0.4) is 0 Å². The second-order valence-corrected chi connectivity index (χ2v) is 8.26. The molecule has 31 heavy (non-hydrogen) atoms. The predicted molar refractivity (Wildman–Crippen MR) is 137 cm³/mol. The van der Waals surface area contributed by atoms with Gasteiger partial charge in [-0.05, 0) is 63.0 Å². The highest BCUT2D eigenvalue weighted by Crippen LogP contribution is 2.20. The van der Waals surface area contributed by atoms with E-state index in [1.54, 1.807) is 25.3 Å². The number of aliphatic imine (C=N–C) groups is 1. The average Bonchev–Trinajstić information content (AvgIpc) is 3.18. The van der Waals surface area contributed by atoms with Crippen molar-refractivity contribution in [2.45, 2.75) is 58.2 Å². The lowest BCUT2D eigenvalue weighted by Gasteiger charge is -2.23. The fraction of sp³-hybridized carbons (Fsp3) is 0.542. The molecule has 3 rings (SSSR count). The van der Waals surface area contributed by atoms with E-state index in [2.05, 4.69) is 39.8 Å². The van der Waals surface area contributed by atoms with E-state index < -0.39 is 5.60 Å². The highest BCUT2D eigenvalue weighted by molar-refractivity contribution is 14.0. The van der Waals surface area contributed by atoms with Gasteiger partial charge in [-0.2, -0.15) is 0 Å². The van der Waals surface area contributed by atoms with E-state index in [-0.39, 0.29) is 24.0 Å². The zero-order valence-corrected chi connectivity index (χ0v) is 21.1. The molecule has 1 aromatic carbocycles. The Hall–Kier alpha value is -1.58. The standard InChI is InChI=1S/C24H36N4O2.HI/c1-3-25-23(27-19-24(2,29)22-13-10-16-30-22)26-17-20-11-6-7-12-21(20)18-28-14-8-4-5-9-15-28;/h6-7,10-13,16,29H,3-5,8-9,14-15,17-19H2,1-2H3,(H2,25,26,27);1H. The maximum atomic E-state index is 10.7. The van der Waals surface area contributed by atoms with Crippen molar-refractivity contribution < 1.29 is 9.52 Å². The van der Waals surface area contributed by atoms with Gasteiger partial charge in [-0.1, -0.05) is 37.1 Å². The number of hydrogen-bond acceptors (Lipinski definition) is 4. The lowest BCUT2D eigenvalue weighted by Crippen LogP contribution is -2.44. The molecule has 0 bridgehead atoms. The maximum Gasteiger partial charge on any atom is 0.191 e. The summed E-state index contributed by atoms with van der Waals surface area (Å²) in [5.74, 6) is 1.22. The van der Waals surface area contributed by atoms with E-state index in [0.29, 0.717) is 24.8 Å². The van der Waals surface area contributed by atoms with Crippen molar-refractivity contribution in [3.63, 3.8) is 0 Å². The number of nitrogens with zero attached hydrogens (tertiary/aromatic N) is 2. The number of furan rings is 1. The molecule has 2 heterocycles. The highest BCUT2D eigenvalue weighted by atomic mass is 127. The Morgan fingerprint density at radius 2 is 1.77 bits per heavy atom. The Balaban J connectivity index is 0.00000341. The second kappa shape index (κ2) is 13.1. The molecule has 0 aliphatic carbocycles. The largest absolute Gasteiger partial charge is 0.466 e. The minimum absolute atomic E-state index is 0. The van der Waals surface area contributed by atoms with Crippen LogP contribution in [0.4, 0.5) is 0 Å². The fourth-order valence-electron chi connectivity index (χ4n) is 3.84. The normalized spacial score (nSPS) is 17.3. The molecule has 0 radical (unpaired) electrons. The fourth-order valence-corrected chi connectivity index (χ4v) is 3.84. The zero-order valence-electron chi connectivity index (χ0n) is 18.8. The molecule has 172 valence electrons. The van der Waals surface area contributed by atoms with Crippen LogP contribution < -0.4 is 10.6 Å². The highest BCUT2D eigenvalue weighted by Gasteiger charge is 2.26. The summed E-state index contributed by atoms with van der Waals surface area (Å²) in [4.78, 5) is 7.34. The minimum atomic E-state index is -1.11. The van der Waals surface area contributed by atoms with Crippen LogP contribution in [-0.4, -0.2) is 42.1 Å². The third-order valence-electron chi connectivity index (χ3n) is 5.61. The van der Waals surface area contributed by atoms with Crippen molar-refractivity contribution in [1.29, 1.82) is 0 Å². The monoisotopic (exact) mass is 540 g/mol.